The van der Waals surface area contributed by atoms with Crippen molar-refractivity contribution in [3.05, 3.63) is 31.9 Å². The lowest BCUT2D eigenvalue weighted by Crippen LogP contribution is -2.07. The molecule has 0 unspecified atom stereocenters. The van der Waals surface area contributed by atoms with Crippen molar-refractivity contribution in [2.24, 2.45) is 0 Å². The van der Waals surface area contributed by atoms with E-state index in [-0.39, 0.29) is 45.0 Å². The van der Waals surface area contributed by atoms with E-state index in [1.54, 1.807) is 6.92 Å². The largest absolute Gasteiger partial charge is 0.506 e. The number of nitro groups is 1. The number of rotatable bonds is 4. The molecule has 0 fully saturated rings. The van der Waals surface area contributed by atoms with Crippen molar-refractivity contribution in [3.63, 3.8) is 0 Å². The number of esters is 1. The Morgan fingerprint density at radius 2 is 2.23 bits per heavy atom. The van der Waals surface area contributed by atoms with Crippen molar-refractivity contribution >= 4 is 27.6 Å². The normalized spacial score (nSPS) is 10.5. The van der Waals surface area contributed by atoms with Gasteiger partial charge in [0, 0.05) is 11.6 Å². The van der Waals surface area contributed by atoms with Gasteiger partial charge in [-0.05, 0) is 29.8 Å². The van der Waals surface area contributed by atoms with Gasteiger partial charge in [-0.15, -0.1) is 5.10 Å². The number of ether oxygens (including phenoxy) is 1. The molecule has 0 saturated heterocycles. The van der Waals surface area contributed by atoms with Gasteiger partial charge in [0.15, 0.2) is 5.69 Å². The number of phenolic OH excluding ortho intramolecular Hbond substituents is 1. The Kier molecular flexibility index (Phi) is 4.40. The first-order valence-corrected chi connectivity index (χ1v) is 6.92. The van der Waals surface area contributed by atoms with Crippen LogP contribution in [-0.2, 0) is 4.74 Å². The summed E-state index contributed by atoms with van der Waals surface area (Å²) in [6.45, 7) is 3.25. The van der Waals surface area contributed by atoms with Gasteiger partial charge in [0.25, 0.3) is 5.69 Å². The number of aromatic amines is 1. The first-order valence-electron chi connectivity index (χ1n) is 6.13. The fraction of sp³-hybridized carbons (Fsp3) is 0.250. The van der Waals surface area contributed by atoms with E-state index in [1.807, 2.05) is 0 Å². The number of benzene rings is 1. The molecule has 9 nitrogen and oxygen atoms in total. The predicted molar refractivity (Wildman–Crippen MR) is 78.5 cm³/mol. The van der Waals surface area contributed by atoms with Crippen LogP contribution in [-0.4, -0.2) is 38.0 Å². The van der Waals surface area contributed by atoms with Gasteiger partial charge in [-0.25, -0.2) is 4.79 Å². The van der Waals surface area contributed by atoms with Crippen molar-refractivity contribution < 1.29 is 19.6 Å². The number of hydrogen-bond donors (Lipinski definition) is 2. The van der Waals surface area contributed by atoms with E-state index in [9.17, 15) is 20.0 Å². The van der Waals surface area contributed by atoms with Crippen molar-refractivity contribution in [1.82, 2.24) is 15.4 Å². The van der Waals surface area contributed by atoms with Gasteiger partial charge in [-0.2, -0.15) is 10.3 Å². The number of H-pyrrole nitrogens is 1. The maximum Gasteiger partial charge on any atom is 0.361 e. The van der Waals surface area contributed by atoms with Gasteiger partial charge in [-0.3, -0.25) is 10.1 Å². The molecule has 0 atom stereocenters. The van der Waals surface area contributed by atoms with Gasteiger partial charge >= 0.3 is 5.97 Å². The number of hydrogen-bond acceptors (Lipinski definition) is 7. The fourth-order valence-electron chi connectivity index (χ4n) is 1.85. The second kappa shape index (κ2) is 6.10. The molecule has 0 aliphatic carbocycles. The molecule has 0 bridgehead atoms. The first kappa shape index (κ1) is 15.9. The SMILES string of the molecule is CCOC(=O)c1n[nH]nc1-c1cc([N+](=O)[O-])c(C)c(Br)c1O. The Labute approximate surface area is 132 Å². The summed E-state index contributed by atoms with van der Waals surface area (Å²) >= 11 is 3.10. The number of phenols is 1. The van der Waals surface area contributed by atoms with E-state index in [1.165, 1.54) is 6.92 Å². The van der Waals surface area contributed by atoms with Crippen LogP contribution in [0, 0.1) is 17.0 Å². The minimum atomic E-state index is -0.745. The molecular weight excluding hydrogens is 360 g/mol. The lowest BCUT2D eigenvalue weighted by Gasteiger charge is -2.08. The molecule has 116 valence electrons. The lowest BCUT2D eigenvalue weighted by atomic mass is 10.0. The van der Waals surface area contributed by atoms with Gasteiger partial charge in [0.1, 0.15) is 11.4 Å². The number of halogens is 1. The molecule has 0 amide bonds. The zero-order valence-corrected chi connectivity index (χ0v) is 13.2. The quantitative estimate of drug-likeness (QED) is 0.479. The summed E-state index contributed by atoms with van der Waals surface area (Å²) in [6.07, 6.45) is 0. The molecule has 2 N–H and O–H groups in total. The van der Waals surface area contributed by atoms with E-state index in [2.05, 4.69) is 31.3 Å². The minimum absolute atomic E-state index is 0.000906. The molecule has 2 aromatic rings. The van der Waals surface area contributed by atoms with Crippen LogP contribution < -0.4 is 0 Å². The van der Waals surface area contributed by atoms with Gasteiger partial charge in [0.05, 0.1) is 21.6 Å². The maximum atomic E-state index is 11.8. The average Bonchev–Trinajstić information content (AvgIpc) is 2.94. The minimum Gasteiger partial charge on any atom is -0.506 e. The second-order valence-corrected chi connectivity index (χ2v) is 5.02. The van der Waals surface area contributed by atoms with Crippen LogP contribution in [0.2, 0.25) is 0 Å². The number of aromatic hydroxyl groups is 1. The predicted octanol–water partition coefficient (Wildman–Crippen LogP) is 2.33. The number of carbonyl (C=O) groups excluding carboxylic acids is 1. The molecule has 1 aromatic carbocycles. The summed E-state index contributed by atoms with van der Waals surface area (Å²) in [5, 5.41) is 31.0. The van der Waals surface area contributed by atoms with Crippen LogP contribution in [0.4, 0.5) is 5.69 Å². The van der Waals surface area contributed by atoms with Crippen molar-refractivity contribution in [2.45, 2.75) is 13.8 Å². The zero-order chi connectivity index (χ0) is 16.4. The molecule has 1 heterocycles. The van der Waals surface area contributed by atoms with Gasteiger partial charge < -0.3 is 9.84 Å². The van der Waals surface area contributed by atoms with Gasteiger partial charge in [0.2, 0.25) is 0 Å². The van der Waals surface area contributed by atoms with Crippen molar-refractivity contribution in [3.8, 4) is 17.0 Å². The van der Waals surface area contributed by atoms with Crippen LogP contribution in [0.5, 0.6) is 5.75 Å². The summed E-state index contributed by atoms with van der Waals surface area (Å²) in [6, 6.07) is 1.13. The number of nitrogens with zero attached hydrogens (tertiary/aromatic N) is 3. The van der Waals surface area contributed by atoms with E-state index in [4.69, 9.17) is 4.74 Å². The molecule has 0 aliphatic rings. The van der Waals surface area contributed by atoms with Crippen molar-refractivity contribution in [1.29, 1.82) is 0 Å². The zero-order valence-electron chi connectivity index (χ0n) is 11.6. The topological polar surface area (TPSA) is 131 Å². The number of nitrogens with one attached hydrogen (secondary N) is 1. The standard InChI is InChI=1S/C12H11BrN4O5/c1-3-22-12(19)10-9(14-16-15-10)6-4-7(17(20)21)5(2)8(13)11(6)18/h4,18H,3H2,1-2H3,(H,14,15,16). The third-order valence-corrected chi connectivity index (χ3v) is 3.90. The van der Waals surface area contributed by atoms with Crippen LogP contribution in [0.1, 0.15) is 23.0 Å². The third kappa shape index (κ3) is 2.64. The summed E-state index contributed by atoms with van der Waals surface area (Å²) in [7, 11) is 0. The highest BCUT2D eigenvalue weighted by atomic mass is 79.9. The highest BCUT2D eigenvalue weighted by Gasteiger charge is 2.27. The van der Waals surface area contributed by atoms with E-state index >= 15 is 0 Å². The van der Waals surface area contributed by atoms with Crippen LogP contribution in [0.3, 0.4) is 0 Å². The maximum absolute atomic E-state index is 11.8. The molecule has 2 rings (SSSR count). The molecule has 0 radical (unpaired) electrons. The summed E-state index contributed by atoms with van der Waals surface area (Å²) in [5.41, 5.74) is -0.159. The average molecular weight is 371 g/mol. The molecule has 1 aromatic heterocycles. The molecule has 0 spiro atoms. The molecule has 0 aliphatic heterocycles. The Balaban J connectivity index is 2.66. The van der Waals surface area contributed by atoms with E-state index in [0.29, 0.717) is 0 Å². The smallest absolute Gasteiger partial charge is 0.361 e. The monoisotopic (exact) mass is 370 g/mol. The first-order chi connectivity index (χ1) is 10.4. The van der Waals surface area contributed by atoms with Crippen LogP contribution in [0.15, 0.2) is 10.5 Å². The Morgan fingerprint density at radius 1 is 1.55 bits per heavy atom. The molecular formula is C12H11BrN4O5. The van der Waals surface area contributed by atoms with E-state index < -0.39 is 10.9 Å². The van der Waals surface area contributed by atoms with Gasteiger partial charge in [-0.1, -0.05) is 0 Å². The Hall–Kier alpha value is -2.49. The van der Waals surface area contributed by atoms with E-state index in [0.717, 1.165) is 6.07 Å². The second-order valence-electron chi connectivity index (χ2n) is 4.23. The molecule has 0 saturated carbocycles. The molecule has 10 heteroatoms. The summed E-state index contributed by atoms with van der Waals surface area (Å²) < 4.78 is 4.98. The fourth-order valence-corrected chi connectivity index (χ4v) is 2.27. The Morgan fingerprint density at radius 3 is 2.82 bits per heavy atom. The third-order valence-electron chi connectivity index (χ3n) is 2.93. The number of nitro benzene ring substituents is 1. The Bertz CT molecular complexity index is 758. The summed E-state index contributed by atoms with van der Waals surface area (Å²) in [4.78, 5) is 22.3. The highest BCUT2D eigenvalue weighted by Crippen LogP contribution is 2.42. The highest BCUT2D eigenvalue weighted by molar-refractivity contribution is 9.10. The van der Waals surface area contributed by atoms with Crippen molar-refractivity contribution in [2.75, 3.05) is 6.61 Å². The van der Waals surface area contributed by atoms with Crippen LogP contribution >= 0.6 is 15.9 Å². The summed E-state index contributed by atoms with van der Waals surface area (Å²) in [5.74, 6) is -1.02. The molecule has 22 heavy (non-hydrogen) atoms. The van der Waals surface area contributed by atoms with Crippen LogP contribution in [0.25, 0.3) is 11.3 Å². The lowest BCUT2D eigenvalue weighted by molar-refractivity contribution is -0.385. The number of aromatic nitrogens is 3. The number of carbonyl (C=O) groups is 1.